The molecule has 1 aromatic heterocycles. The van der Waals surface area contributed by atoms with Gasteiger partial charge in [0, 0.05) is 6.04 Å². The molecular weight excluding hydrogens is 242 g/mol. The number of amides is 1. The molecule has 19 heavy (non-hydrogen) atoms. The number of para-hydroxylation sites is 1. The predicted octanol–water partition coefficient (Wildman–Crippen LogP) is 1.92. The average molecular weight is 259 g/mol. The lowest BCUT2D eigenvalue weighted by Crippen LogP contribution is -2.35. The van der Waals surface area contributed by atoms with Crippen LogP contribution in [0.4, 0.5) is 0 Å². The number of carbonyl (C=O) groups excluding carboxylic acids is 1. The Balaban J connectivity index is 2.04. The summed E-state index contributed by atoms with van der Waals surface area (Å²) in [7, 11) is 0. The largest absolute Gasteiger partial charge is 0.467 e. The number of benzene rings is 1. The summed E-state index contributed by atoms with van der Waals surface area (Å²) in [6.45, 7) is 3.94. The molecule has 2 rings (SSSR count). The number of hydrogen-bond donors (Lipinski definition) is 1. The zero-order valence-corrected chi connectivity index (χ0v) is 11.1. The molecule has 0 radical (unpaired) electrons. The SMILES string of the molecule is CCC(C)NC(=O)COc1ncnc2ccccc12. The van der Waals surface area contributed by atoms with Crippen LogP contribution in [0, 0.1) is 0 Å². The number of rotatable bonds is 5. The van der Waals surface area contributed by atoms with Gasteiger partial charge in [0.25, 0.3) is 5.91 Å². The lowest BCUT2D eigenvalue weighted by molar-refractivity contribution is -0.123. The monoisotopic (exact) mass is 259 g/mol. The first-order valence-electron chi connectivity index (χ1n) is 6.32. The van der Waals surface area contributed by atoms with Crippen molar-refractivity contribution in [2.45, 2.75) is 26.3 Å². The zero-order chi connectivity index (χ0) is 13.7. The fourth-order valence-corrected chi connectivity index (χ4v) is 1.65. The lowest BCUT2D eigenvalue weighted by Gasteiger charge is -2.12. The molecule has 0 aliphatic heterocycles. The van der Waals surface area contributed by atoms with Crippen LogP contribution in [0.25, 0.3) is 10.9 Å². The molecule has 100 valence electrons. The molecule has 1 amide bonds. The van der Waals surface area contributed by atoms with Crippen LogP contribution >= 0.6 is 0 Å². The van der Waals surface area contributed by atoms with E-state index in [4.69, 9.17) is 4.74 Å². The van der Waals surface area contributed by atoms with Gasteiger partial charge in [-0.3, -0.25) is 4.79 Å². The Hall–Kier alpha value is -2.17. The average Bonchev–Trinajstić information content (AvgIpc) is 2.44. The predicted molar refractivity (Wildman–Crippen MR) is 72.9 cm³/mol. The number of fused-ring (bicyclic) bond motifs is 1. The normalized spacial score (nSPS) is 12.1. The van der Waals surface area contributed by atoms with E-state index in [1.54, 1.807) is 0 Å². The fourth-order valence-electron chi connectivity index (χ4n) is 1.65. The van der Waals surface area contributed by atoms with Crippen LogP contribution in [-0.4, -0.2) is 28.5 Å². The second-order valence-electron chi connectivity index (χ2n) is 4.36. The summed E-state index contributed by atoms with van der Waals surface area (Å²) in [6, 6.07) is 7.69. The first kappa shape index (κ1) is 13.3. The number of aromatic nitrogens is 2. The maximum Gasteiger partial charge on any atom is 0.258 e. The molecule has 2 aromatic rings. The van der Waals surface area contributed by atoms with Crippen LogP contribution in [0.15, 0.2) is 30.6 Å². The molecule has 0 spiro atoms. The van der Waals surface area contributed by atoms with Crippen molar-refractivity contribution >= 4 is 16.8 Å². The van der Waals surface area contributed by atoms with Crippen LogP contribution < -0.4 is 10.1 Å². The van der Waals surface area contributed by atoms with Gasteiger partial charge in [-0.15, -0.1) is 0 Å². The Morgan fingerprint density at radius 3 is 2.95 bits per heavy atom. The van der Waals surface area contributed by atoms with Gasteiger partial charge in [0.1, 0.15) is 6.33 Å². The Bertz CT molecular complexity index is 566. The van der Waals surface area contributed by atoms with Crippen LogP contribution in [0.2, 0.25) is 0 Å². The van der Waals surface area contributed by atoms with Gasteiger partial charge in [-0.25, -0.2) is 9.97 Å². The minimum atomic E-state index is -0.142. The summed E-state index contributed by atoms with van der Waals surface area (Å²) in [5.41, 5.74) is 0.801. The number of nitrogens with zero attached hydrogens (tertiary/aromatic N) is 2. The van der Waals surface area contributed by atoms with E-state index in [-0.39, 0.29) is 18.6 Å². The molecule has 1 aromatic carbocycles. The van der Waals surface area contributed by atoms with E-state index in [1.807, 2.05) is 38.1 Å². The third-order valence-electron chi connectivity index (χ3n) is 2.87. The van der Waals surface area contributed by atoms with E-state index in [9.17, 15) is 4.79 Å². The Morgan fingerprint density at radius 1 is 1.37 bits per heavy atom. The van der Waals surface area contributed by atoms with Crippen molar-refractivity contribution in [3.05, 3.63) is 30.6 Å². The summed E-state index contributed by atoms with van der Waals surface area (Å²) in [6.07, 6.45) is 2.33. The first-order valence-corrected chi connectivity index (χ1v) is 6.32. The molecular formula is C14H17N3O2. The van der Waals surface area contributed by atoms with Crippen molar-refractivity contribution in [3.8, 4) is 5.88 Å². The minimum absolute atomic E-state index is 0.0364. The van der Waals surface area contributed by atoms with E-state index in [1.165, 1.54) is 6.33 Å². The molecule has 0 fully saturated rings. The molecule has 0 aliphatic carbocycles. The van der Waals surface area contributed by atoms with Crippen LogP contribution in [0.3, 0.4) is 0 Å². The maximum absolute atomic E-state index is 11.6. The van der Waals surface area contributed by atoms with Gasteiger partial charge in [-0.05, 0) is 25.5 Å². The van der Waals surface area contributed by atoms with Gasteiger partial charge in [-0.1, -0.05) is 19.1 Å². The molecule has 0 saturated carbocycles. The zero-order valence-electron chi connectivity index (χ0n) is 11.1. The highest BCUT2D eigenvalue weighted by molar-refractivity contribution is 5.84. The van der Waals surface area contributed by atoms with Gasteiger partial charge in [0.2, 0.25) is 5.88 Å². The molecule has 5 nitrogen and oxygen atoms in total. The molecule has 1 N–H and O–H groups in total. The summed E-state index contributed by atoms with van der Waals surface area (Å²) in [5, 5.41) is 3.65. The van der Waals surface area contributed by atoms with Crippen molar-refractivity contribution in [1.29, 1.82) is 0 Å². The number of hydrogen-bond acceptors (Lipinski definition) is 4. The number of ether oxygens (including phenoxy) is 1. The van der Waals surface area contributed by atoms with E-state index < -0.39 is 0 Å². The van der Waals surface area contributed by atoms with Crippen LogP contribution in [-0.2, 0) is 4.79 Å². The van der Waals surface area contributed by atoms with Gasteiger partial charge in [-0.2, -0.15) is 0 Å². The van der Waals surface area contributed by atoms with Crippen molar-refractivity contribution in [2.75, 3.05) is 6.61 Å². The van der Waals surface area contributed by atoms with Gasteiger partial charge in [0.05, 0.1) is 10.9 Å². The third kappa shape index (κ3) is 3.40. The Kier molecular flexibility index (Phi) is 4.28. The summed E-state index contributed by atoms with van der Waals surface area (Å²) in [4.78, 5) is 19.8. The van der Waals surface area contributed by atoms with E-state index >= 15 is 0 Å². The van der Waals surface area contributed by atoms with E-state index in [0.29, 0.717) is 5.88 Å². The molecule has 0 aliphatic rings. The van der Waals surface area contributed by atoms with Crippen molar-refractivity contribution in [2.24, 2.45) is 0 Å². The highest BCUT2D eigenvalue weighted by Gasteiger charge is 2.09. The van der Waals surface area contributed by atoms with Crippen molar-refractivity contribution < 1.29 is 9.53 Å². The number of nitrogens with one attached hydrogen (secondary N) is 1. The van der Waals surface area contributed by atoms with Crippen LogP contribution in [0.1, 0.15) is 20.3 Å². The third-order valence-corrected chi connectivity index (χ3v) is 2.87. The fraction of sp³-hybridized carbons (Fsp3) is 0.357. The molecule has 0 bridgehead atoms. The van der Waals surface area contributed by atoms with Gasteiger partial charge < -0.3 is 10.1 Å². The van der Waals surface area contributed by atoms with Gasteiger partial charge in [0.15, 0.2) is 6.61 Å². The Morgan fingerprint density at radius 2 is 2.16 bits per heavy atom. The highest BCUT2D eigenvalue weighted by Crippen LogP contribution is 2.20. The van der Waals surface area contributed by atoms with Crippen molar-refractivity contribution in [1.82, 2.24) is 15.3 Å². The van der Waals surface area contributed by atoms with E-state index in [2.05, 4.69) is 15.3 Å². The second-order valence-corrected chi connectivity index (χ2v) is 4.36. The lowest BCUT2D eigenvalue weighted by atomic mass is 10.2. The van der Waals surface area contributed by atoms with Crippen molar-refractivity contribution in [3.63, 3.8) is 0 Å². The topological polar surface area (TPSA) is 64.1 Å². The summed E-state index contributed by atoms with van der Waals surface area (Å²) in [5.74, 6) is 0.293. The Labute approximate surface area is 112 Å². The first-order chi connectivity index (χ1) is 9.20. The highest BCUT2D eigenvalue weighted by atomic mass is 16.5. The van der Waals surface area contributed by atoms with E-state index in [0.717, 1.165) is 17.3 Å². The minimum Gasteiger partial charge on any atom is -0.467 e. The molecule has 5 heteroatoms. The smallest absolute Gasteiger partial charge is 0.258 e. The molecule has 1 unspecified atom stereocenters. The summed E-state index contributed by atoms with van der Waals surface area (Å²) < 4.78 is 5.46. The standard InChI is InChI=1S/C14H17N3O2/c1-3-10(2)17-13(18)8-19-14-11-6-4-5-7-12(11)15-9-16-14/h4-7,9-10H,3,8H2,1-2H3,(H,17,18). The number of carbonyl (C=O) groups is 1. The van der Waals surface area contributed by atoms with Crippen LogP contribution in [0.5, 0.6) is 5.88 Å². The van der Waals surface area contributed by atoms with Gasteiger partial charge >= 0.3 is 0 Å². The summed E-state index contributed by atoms with van der Waals surface area (Å²) >= 11 is 0. The second kappa shape index (κ2) is 6.13. The molecule has 1 atom stereocenters. The maximum atomic E-state index is 11.6. The quantitative estimate of drug-likeness (QED) is 0.891. The molecule has 1 heterocycles. The molecule has 0 saturated heterocycles.